The fraction of sp³-hybridized carbons (Fsp3) is 0. The third kappa shape index (κ3) is 6.86. The maximum absolute atomic E-state index is 6.74. The van der Waals surface area contributed by atoms with E-state index in [9.17, 15) is 0 Å². The van der Waals surface area contributed by atoms with E-state index in [2.05, 4.69) is 176 Å². The Bertz CT molecular complexity index is 3300. The van der Waals surface area contributed by atoms with Crippen molar-refractivity contribution in [2.24, 2.45) is 0 Å². The second-order valence-electron chi connectivity index (χ2n) is 15.1. The highest BCUT2D eigenvalue weighted by atomic mass is 16.3. The number of aromatic nitrogens is 3. The van der Waals surface area contributed by atoms with Crippen molar-refractivity contribution in [2.75, 3.05) is 0 Å². The molecule has 9 aromatic carbocycles. The van der Waals surface area contributed by atoms with Crippen molar-refractivity contribution in [1.82, 2.24) is 15.0 Å². The minimum absolute atomic E-state index is 0.601. The van der Waals surface area contributed by atoms with Crippen molar-refractivity contribution in [3.05, 3.63) is 224 Å². The molecule has 2 aromatic heterocycles. The van der Waals surface area contributed by atoms with E-state index >= 15 is 0 Å². The second-order valence-corrected chi connectivity index (χ2v) is 15.1. The molecule has 286 valence electrons. The van der Waals surface area contributed by atoms with Gasteiger partial charge in [0.1, 0.15) is 11.2 Å². The number of furan rings is 1. The quantitative estimate of drug-likeness (QED) is 0.154. The van der Waals surface area contributed by atoms with Gasteiger partial charge in [0.25, 0.3) is 0 Å². The lowest BCUT2D eigenvalue weighted by molar-refractivity contribution is 0.670. The predicted molar refractivity (Wildman–Crippen MR) is 251 cm³/mol. The predicted octanol–water partition coefficient (Wildman–Crippen LogP) is 15.1. The average molecular weight is 780 g/mol. The Morgan fingerprint density at radius 2 is 0.623 bits per heavy atom. The molecule has 0 amide bonds. The average Bonchev–Trinajstić information content (AvgIpc) is 3.74. The number of rotatable bonds is 8. The Morgan fingerprint density at radius 1 is 0.246 bits per heavy atom. The van der Waals surface area contributed by atoms with E-state index in [1.807, 2.05) is 48.5 Å². The van der Waals surface area contributed by atoms with Crippen LogP contribution in [0.5, 0.6) is 0 Å². The van der Waals surface area contributed by atoms with Gasteiger partial charge in [0.2, 0.25) is 0 Å². The third-order valence-corrected chi connectivity index (χ3v) is 11.4. The molecule has 0 saturated heterocycles. The van der Waals surface area contributed by atoms with Gasteiger partial charge in [0.15, 0.2) is 17.5 Å². The lowest BCUT2D eigenvalue weighted by Crippen LogP contribution is -2.01. The van der Waals surface area contributed by atoms with Gasteiger partial charge >= 0.3 is 0 Å². The van der Waals surface area contributed by atoms with Crippen LogP contribution in [-0.2, 0) is 0 Å². The van der Waals surface area contributed by atoms with Crippen molar-refractivity contribution in [3.8, 4) is 89.8 Å². The molecule has 11 aromatic rings. The maximum atomic E-state index is 6.74. The molecule has 0 bridgehead atoms. The molecular weight excluding hydrogens is 743 g/mol. The lowest BCUT2D eigenvalue weighted by atomic mass is 9.94. The summed E-state index contributed by atoms with van der Waals surface area (Å²) >= 11 is 0. The molecule has 4 nitrogen and oxygen atoms in total. The molecule has 0 fully saturated rings. The Hall–Kier alpha value is -8.21. The summed E-state index contributed by atoms with van der Waals surface area (Å²) < 4.78 is 6.74. The molecule has 11 rings (SSSR count). The zero-order valence-corrected chi connectivity index (χ0v) is 33.1. The van der Waals surface area contributed by atoms with E-state index in [0.29, 0.717) is 17.5 Å². The number of hydrogen-bond donors (Lipinski definition) is 0. The molecule has 0 saturated carbocycles. The van der Waals surface area contributed by atoms with E-state index < -0.39 is 0 Å². The molecule has 0 unspecified atom stereocenters. The third-order valence-electron chi connectivity index (χ3n) is 11.4. The minimum Gasteiger partial charge on any atom is -0.455 e. The van der Waals surface area contributed by atoms with Crippen molar-refractivity contribution < 1.29 is 4.42 Å². The lowest BCUT2D eigenvalue weighted by Gasteiger charge is -2.13. The summed E-state index contributed by atoms with van der Waals surface area (Å²) in [5.41, 5.74) is 15.7. The monoisotopic (exact) mass is 779 g/mol. The minimum atomic E-state index is 0.601. The Labute approximate surface area is 354 Å². The molecule has 0 N–H and O–H groups in total. The van der Waals surface area contributed by atoms with Gasteiger partial charge in [-0.05, 0) is 56.1 Å². The maximum Gasteiger partial charge on any atom is 0.164 e. The zero-order chi connectivity index (χ0) is 40.5. The number of benzene rings is 9. The van der Waals surface area contributed by atoms with E-state index in [-0.39, 0.29) is 0 Å². The van der Waals surface area contributed by atoms with E-state index in [1.54, 1.807) is 0 Å². The number of nitrogens with zero attached hydrogens (tertiary/aromatic N) is 3. The highest BCUT2D eigenvalue weighted by Gasteiger charge is 2.20. The van der Waals surface area contributed by atoms with Crippen molar-refractivity contribution in [1.29, 1.82) is 0 Å². The van der Waals surface area contributed by atoms with Crippen LogP contribution in [0, 0.1) is 0 Å². The fourth-order valence-electron chi connectivity index (χ4n) is 8.32. The largest absolute Gasteiger partial charge is 0.455 e. The number of para-hydroxylation sites is 1. The van der Waals surface area contributed by atoms with Crippen LogP contribution in [0.25, 0.3) is 112 Å². The van der Waals surface area contributed by atoms with Gasteiger partial charge in [0, 0.05) is 33.0 Å². The molecule has 0 aliphatic carbocycles. The molecule has 0 aliphatic heterocycles. The van der Waals surface area contributed by atoms with Crippen LogP contribution in [0.3, 0.4) is 0 Å². The molecule has 61 heavy (non-hydrogen) atoms. The second kappa shape index (κ2) is 15.5. The summed E-state index contributed by atoms with van der Waals surface area (Å²) in [6.07, 6.45) is 0. The Kier molecular flexibility index (Phi) is 9.14. The highest BCUT2D eigenvalue weighted by Crippen LogP contribution is 2.43. The molecule has 4 heteroatoms. The van der Waals surface area contributed by atoms with Crippen molar-refractivity contribution in [2.45, 2.75) is 0 Å². The molecule has 0 radical (unpaired) electrons. The summed E-state index contributed by atoms with van der Waals surface area (Å²) in [6, 6.07) is 78.1. The smallest absolute Gasteiger partial charge is 0.164 e. The van der Waals surface area contributed by atoms with E-state index in [0.717, 1.165) is 72.0 Å². The molecular formula is C57H37N3O. The van der Waals surface area contributed by atoms with Crippen LogP contribution < -0.4 is 0 Å². The van der Waals surface area contributed by atoms with Gasteiger partial charge in [-0.1, -0.05) is 218 Å². The number of hydrogen-bond acceptors (Lipinski definition) is 4. The normalized spacial score (nSPS) is 11.3. The summed E-state index contributed by atoms with van der Waals surface area (Å²) in [5, 5.41) is 2.11. The van der Waals surface area contributed by atoms with Gasteiger partial charge in [-0.3, -0.25) is 0 Å². The van der Waals surface area contributed by atoms with E-state index in [1.165, 1.54) is 22.3 Å². The molecule has 0 aliphatic rings. The summed E-state index contributed by atoms with van der Waals surface area (Å²) in [7, 11) is 0. The highest BCUT2D eigenvalue weighted by molar-refractivity contribution is 6.16. The standard InChI is InChI=1S/C57H37N3O/c1-4-14-38(15-5-1)40-26-28-42(29-27-40)43-32-36-46(37-33-43)56-58-55(45-18-8-3-9-19-45)59-57(60-56)50-21-11-10-20-48(50)49-23-13-25-52-53(49)51-24-12-22-47(54(51)61-52)44-34-30-41(31-35-44)39-16-6-2-7-17-39/h1-37H. The fourth-order valence-corrected chi connectivity index (χ4v) is 8.32. The van der Waals surface area contributed by atoms with Gasteiger partial charge in [-0.25, -0.2) is 15.0 Å². The first-order valence-electron chi connectivity index (χ1n) is 20.5. The summed E-state index contributed by atoms with van der Waals surface area (Å²) in [4.78, 5) is 15.4. The zero-order valence-electron chi connectivity index (χ0n) is 33.1. The van der Waals surface area contributed by atoms with Gasteiger partial charge < -0.3 is 4.42 Å². The summed E-state index contributed by atoms with van der Waals surface area (Å²) in [6.45, 7) is 0. The van der Waals surface area contributed by atoms with Crippen LogP contribution in [0.2, 0.25) is 0 Å². The SMILES string of the molecule is c1ccc(-c2ccc(-c3ccc(-c4nc(-c5ccccc5)nc(-c5ccccc5-c5cccc6oc7c(-c8ccc(-c9ccccc9)cc8)cccc7c56)n4)cc3)cc2)cc1. The van der Waals surface area contributed by atoms with E-state index in [4.69, 9.17) is 19.4 Å². The number of fused-ring (bicyclic) bond motifs is 3. The van der Waals surface area contributed by atoms with Gasteiger partial charge in [-0.15, -0.1) is 0 Å². The molecule has 0 spiro atoms. The van der Waals surface area contributed by atoms with Crippen molar-refractivity contribution >= 4 is 21.9 Å². The first-order valence-corrected chi connectivity index (χ1v) is 20.5. The van der Waals surface area contributed by atoms with Gasteiger partial charge in [-0.2, -0.15) is 0 Å². The van der Waals surface area contributed by atoms with Crippen LogP contribution in [0.4, 0.5) is 0 Å². The topological polar surface area (TPSA) is 51.8 Å². The Morgan fingerprint density at radius 3 is 1.18 bits per heavy atom. The summed E-state index contributed by atoms with van der Waals surface area (Å²) in [5.74, 6) is 1.83. The van der Waals surface area contributed by atoms with Crippen LogP contribution in [0.1, 0.15) is 0 Å². The first-order chi connectivity index (χ1) is 30.2. The first kappa shape index (κ1) is 35.9. The van der Waals surface area contributed by atoms with Crippen molar-refractivity contribution in [3.63, 3.8) is 0 Å². The van der Waals surface area contributed by atoms with Crippen LogP contribution in [-0.4, -0.2) is 15.0 Å². The van der Waals surface area contributed by atoms with Crippen LogP contribution in [0.15, 0.2) is 229 Å². The molecule has 2 heterocycles. The van der Waals surface area contributed by atoms with Gasteiger partial charge in [0.05, 0.1) is 0 Å². The van der Waals surface area contributed by atoms with Crippen LogP contribution >= 0.6 is 0 Å². The molecule has 0 atom stereocenters. The Balaban J connectivity index is 0.993.